The first-order chi connectivity index (χ1) is 18.5. The summed E-state index contributed by atoms with van der Waals surface area (Å²) in [6, 6.07) is 11.5. The number of benzene rings is 2. The van der Waals surface area contributed by atoms with E-state index in [9.17, 15) is 17.6 Å². The molecule has 0 radical (unpaired) electrons. The number of likely N-dealkylation sites (N-methyl/N-ethyl adjacent to an activating group) is 1. The third-order valence-corrected chi connectivity index (χ3v) is 7.82. The molecule has 0 saturated heterocycles. The molecule has 1 heterocycles. The first-order valence-electron chi connectivity index (χ1n) is 12.1. The molecule has 2 amide bonds. The van der Waals surface area contributed by atoms with Crippen molar-refractivity contribution in [3.05, 3.63) is 65.4 Å². The topological polar surface area (TPSA) is 129 Å². The Hall–Kier alpha value is -3.97. The van der Waals surface area contributed by atoms with E-state index in [1.54, 1.807) is 32.3 Å². The normalized spacial score (nSPS) is 16.5. The largest absolute Gasteiger partial charge is 0.494 e. The summed E-state index contributed by atoms with van der Waals surface area (Å²) in [7, 11) is 2.80. The van der Waals surface area contributed by atoms with Gasteiger partial charge in [-0.2, -0.15) is 9.29 Å². The van der Waals surface area contributed by atoms with Gasteiger partial charge in [-0.15, -0.1) is 0 Å². The summed E-state index contributed by atoms with van der Waals surface area (Å²) in [5.41, 5.74) is 3.21. The van der Waals surface area contributed by atoms with Crippen molar-refractivity contribution in [3.63, 3.8) is 0 Å². The van der Waals surface area contributed by atoms with Crippen LogP contribution in [0, 0.1) is 0 Å². The summed E-state index contributed by atoms with van der Waals surface area (Å²) < 4.78 is 45.6. The highest BCUT2D eigenvalue weighted by molar-refractivity contribution is 7.88. The summed E-state index contributed by atoms with van der Waals surface area (Å²) in [6.45, 7) is -0.807. The third-order valence-electron chi connectivity index (χ3n) is 6.55. The number of amides is 2. The van der Waals surface area contributed by atoms with E-state index in [1.807, 2.05) is 24.3 Å². The van der Waals surface area contributed by atoms with Gasteiger partial charge >= 0.3 is 6.03 Å². The second-order valence-corrected chi connectivity index (χ2v) is 11.5. The fourth-order valence-electron chi connectivity index (χ4n) is 4.45. The molecule has 39 heavy (non-hydrogen) atoms. The smallest absolute Gasteiger partial charge is 0.321 e. The van der Waals surface area contributed by atoms with E-state index in [1.165, 1.54) is 29.6 Å². The van der Waals surface area contributed by atoms with Gasteiger partial charge in [0.05, 0.1) is 31.1 Å². The second-order valence-electron chi connectivity index (χ2n) is 9.44. The fourth-order valence-corrected chi connectivity index (χ4v) is 5.13. The minimum Gasteiger partial charge on any atom is -0.494 e. The molecule has 0 spiro atoms. The Kier molecular flexibility index (Phi) is 8.21. The van der Waals surface area contributed by atoms with Crippen molar-refractivity contribution < 1.29 is 22.3 Å². The zero-order valence-corrected chi connectivity index (χ0v) is 23.2. The monoisotopic (exact) mass is 557 g/mol. The number of hydrogen-bond acceptors (Lipinski definition) is 8. The van der Waals surface area contributed by atoms with E-state index in [4.69, 9.17) is 4.74 Å². The minimum atomic E-state index is -3.51. The predicted octanol–water partition coefficient (Wildman–Crippen LogP) is 3.76. The molecule has 0 saturated carbocycles. The number of sulfonamides is 1. The van der Waals surface area contributed by atoms with Crippen molar-refractivity contribution in [1.82, 2.24) is 19.2 Å². The Balaban J connectivity index is 1.61. The van der Waals surface area contributed by atoms with Crippen LogP contribution in [0.1, 0.15) is 22.7 Å². The molecule has 3 N–H and O–H groups in total. The van der Waals surface area contributed by atoms with Crippen LogP contribution in [0.15, 0.2) is 48.7 Å². The first-order valence-corrected chi connectivity index (χ1v) is 14.0. The van der Waals surface area contributed by atoms with Crippen molar-refractivity contribution in [2.45, 2.75) is 25.2 Å². The molecule has 11 nitrogen and oxygen atoms in total. The Labute approximate surface area is 227 Å². The van der Waals surface area contributed by atoms with Gasteiger partial charge in [0, 0.05) is 44.7 Å². The lowest BCUT2D eigenvalue weighted by molar-refractivity contribution is 0.230. The van der Waals surface area contributed by atoms with Crippen LogP contribution in [-0.4, -0.2) is 74.2 Å². The van der Waals surface area contributed by atoms with Crippen molar-refractivity contribution in [3.8, 4) is 5.75 Å². The average Bonchev–Trinajstić information content (AvgIpc) is 3.26. The van der Waals surface area contributed by atoms with E-state index in [0.29, 0.717) is 23.5 Å². The zero-order valence-electron chi connectivity index (χ0n) is 22.4. The Morgan fingerprint density at radius 2 is 1.92 bits per heavy atom. The maximum atomic E-state index is 13.9. The Morgan fingerprint density at radius 3 is 2.59 bits per heavy atom. The number of nitrogens with one attached hydrogen (secondary N) is 3. The highest BCUT2D eigenvalue weighted by atomic mass is 32.2. The van der Waals surface area contributed by atoms with Crippen LogP contribution >= 0.6 is 0 Å². The summed E-state index contributed by atoms with van der Waals surface area (Å²) in [6.07, 6.45) is 3.08. The molecule has 1 aromatic heterocycles. The molecule has 13 heteroatoms. The highest BCUT2D eigenvalue weighted by Crippen LogP contribution is 2.38. The third kappa shape index (κ3) is 6.20. The lowest BCUT2D eigenvalue weighted by atomic mass is 10.1. The van der Waals surface area contributed by atoms with Crippen LogP contribution in [0.2, 0.25) is 0 Å². The number of hydrogen-bond donors (Lipinski definition) is 3. The molecule has 4 rings (SSSR count). The molecule has 0 bridgehead atoms. The van der Waals surface area contributed by atoms with E-state index < -0.39 is 22.7 Å². The average molecular weight is 558 g/mol. The summed E-state index contributed by atoms with van der Waals surface area (Å²) >= 11 is 0. The molecule has 2 atom stereocenters. The van der Waals surface area contributed by atoms with Gasteiger partial charge in [0.1, 0.15) is 18.2 Å². The van der Waals surface area contributed by atoms with Crippen LogP contribution in [0.4, 0.5) is 32.3 Å². The van der Waals surface area contributed by atoms with Gasteiger partial charge in [0.15, 0.2) is 0 Å². The van der Waals surface area contributed by atoms with Gasteiger partial charge in [-0.1, -0.05) is 24.3 Å². The number of nitrogens with zero attached hydrogens (tertiary/aromatic N) is 4. The number of halogens is 1. The number of ether oxygens (including phenoxy) is 1. The standard InChI is InChI=1S/C26H32FN7O4S/c1-33(2)26(35)29-18-10-11-20(22(13-18)38-4)31-25-28-15-17(14-27)24(32-25)30-21-12-16-8-6-7-9-19(16)23(21)34(3)39(5,36)37/h6-11,13,15,21,23H,12,14H2,1-5H3,(H,29,35)(H2,28,30,31,32)/t21-,23-/m1/s1. The molecule has 1 aliphatic rings. The molecule has 3 aromatic rings. The van der Waals surface area contributed by atoms with Gasteiger partial charge in [0.2, 0.25) is 16.0 Å². The van der Waals surface area contributed by atoms with Crippen LogP contribution in [0.3, 0.4) is 0 Å². The van der Waals surface area contributed by atoms with Crippen LogP contribution in [0.25, 0.3) is 0 Å². The minimum absolute atomic E-state index is 0.182. The lowest BCUT2D eigenvalue weighted by Crippen LogP contribution is -2.39. The summed E-state index contributed by atoms with van der Waals surface area (Å²) in [5, 5.41) is 9.12. The number of alkyl halides is 1. The first kappa shape index (κ1) is 28.0. The number of aromatic nitrogens is 2. The van der Waals surface area contributed by atoms with E-state index >= 15 is 0 Å². The maximum absolute atomic E-state index is 13.9. The van der Waals surface area contributed by atoms with Crippen LogP contribution in [0.5, 0.6) is 5.75 Å². The number of carbonyl (C=O) groups excluding carboxylic acids is 1. The molecular weight excluding hydrogens is 525 g/mol. The van der Waals surface area contributed by atoms with Gasteiger partial charge < -0.3 is 25.6 Å². The van der Waals surface area contributed by atoms with Crippen molar-refractivity contribution in [2.75, 3.05) is 50.5 Å². The maximum Gasteiger partial charge on any atom is 0.321 e. The molecule has 0 unspecified atom stereocenters. The highest BCUT2D eigenvalue weighted by Gasteiger charge is 2.38. The molecule has 0 aliphatic heterocycles. The fraction of sp³-hybridized carbons (Fsp3) is 0.346. The van der Waals surface area contributed by atoms with Gasteiger partial charge in [0.25, 0.3) is 0 Å². The number of rotatable bonds is 9. The molecule has 208 valence electrons. The molecule has 0 fully saturated rings. The van der Waals surface area contributed by atoms with Crippen molar-refractivity contribution in [2.24, 2.45) is 0 Å². The zero-order chi connectivity index (χ0) is 28.3. The van der Waals surface area contributed by atoms with Crippen molar-refractivity contribution >= 4 is 39.2 Å². The summed E-state index contributed by atoms with van der Waals surface area (Å²) in [4.78, 5) is 22.2. The quantitative estimate of drug-likeness (QED) is 0.363. The molecule has 1 aliphatic carbocycles. The summed E-state index contributed by atoms with van der Waals surface area (Å²) in [5.74, 6) is 0.871. The Bertz CT molecular complexity index is 1470. The second kappa shape index (κ2) is 11.4. The molecular formula is C26H32FN7O4S. The van der Waals surface area contributed by atoms with E-state index in [-0.39, 0.29) is 29.4 Å². The number of methoxy groups -OCH3 is 1. The van der Waals surface area contributed by atoms with E-state index in [2.05, 4.69) is 25.9 Å². The van der Waals surface area contributed by atoms with Crippen LogP contribution < -0.4 is 20.7 Å². The van der Waals surface area contributed by atoms with Gasteiger partial charge in [-0.25, -0.2) is 22.6 Å². The van der Waals surface area contributed by atoms with Crippen molar-refractivity contribution in [1.29, 1.82) is 0 Å². The van der Waals surface area contributed by atoms with Gasteiger partial charge in [-0.05, 0) is 29.7 Å². The number of carbonyl (C=O) groups is 1. The van der Waals surface area contributed by atoms with Gasteiger partial charge in [-0.3, -0.25) is 0 Å². The SMILES string of the molecule is COc1cc(NC(=O)N(C)C)ccc1Nc1ncc(CF)c(N[C@@H]2Cc3ccccc3[C@H]2N(C)S(C)(=O)=O)n1. The van der Waals surface area contributed by atoms with Crippen LogP contribution in [-0.2, 0) is 23.1 Å². The Morgan fingerprint density at radius 1 is 1.18 bits per heavy atom. The number of urea groups is 1. The number of anilines is 4. The predicted molar refractivity (Wildman–Crippen MR) is 149 cm³/mol. The lowest BCUT2D eigenvalue weighted by Gasteiger charge is -2.30. The van der Waals surface area contributed by atoms with E-state index in [0.717, 1.165) is 17.4 Å². The molecule has 2 aromatic carbocycles. The number of fused-ring (bicyclic) bond motifs is 1.